The Bertz CT molecular complexity index is 2010. The Kier molecular flexibility index (Phi) is 8.22. The molecule has 0 aromatic heterocycles. The van der Waals surface area contributed by atoms with E-state index in [0.29, 0.717) is 34.0 Å². The van der Waals surface area contributed by atoms with Crippen LogP contribution in [-0.4, -0.2) is 26.0 Å². The maximum absolute atomic E-state index is 15.2. The van der Waals surface area contributed by atoms with Gasteiger partial charge in [-0.05, 0) is 82.9 Å². The van der Waals surface area contributed by atoms with Crippen LogP contribution in [0.4, 0.5) is 11.4 Å². The van der Waals surface area contributed by atoms with Crippen LogP contribution in [0.2, 0.25) is 0 Å². The van der Waals surface area contributed by atoms with Gasteiger partial charge in [0.15, 0.2) is 5.54 Å². The molecule has 1 saturated heterocycles. The number of nitrogens with zero attached hydrogens (tertiary/aromatic N) is 2. The Morgan fingerprint density at radius 1 is 0.604 bits per heavy atom. The number of rotatable bonds is 9. The number of hydrogen-bond acceptors (Lipinski definition) is 4. The highest BCUT2D eigenvalue weighted by molar-refractivity contribution is 6.19. The minimum absolute atomic E-state index is 0.224. The molecule has 0 bridgehead atoms. The Morgan fingerprint density at radius 3 is 1.67 bits per heavy atom. The van der Waals surface area contributed by atoms with E-state index in [2.05, 4.69) is 0 Å². The van der Waals surface area contributed by atoms with Crippen molar-refractivity contribution in [3.63, 3.8) is 0 Å². The van der Waals surface area contributed by atoms with E-state index in [-0.39, 0.29) is 11.8 Å². The number of anilines is 2. The summed E-state index contributed by atoms with van der Waals surface area (Å²) in [5.74, 6) is 0.808. The minimum Gasteiger partial charge on any atom is -0.497 e. The maximum atomic E-state index is 15.2. The fraction of sp³-hybridized carbons (Fsp3) is 0.0952. The van der Waals surface area contributed by atoms with Crippen LogP contribution in [0.3, 0.4) is 0 Å². The molecule has 236 valence electrons. The van der Waals surface area contributed by atoms with Gasteiger partial charge in [-0.1, -0.05) is 103 Å². The molecule has 6 nitrogen and oxygen atoms in total. The normalized spacial score (nSPS) is 16.9. The number of hydrogen-bond donors (Lipinski definition) is 0. The van der Waals surface area contributed by atoms with E-state index in [1.807, 2.05) is 164 Å². The zero-order chi connectivity index (χ0) is 33.1. The molecule has 1 fully saturated rings. The number of ether oxygens (including phenoxy) is 2. The summed E-state index contributed by atoms with van der Waals surface area (Å²) in [6, 6.07) is 51.3. The average molecular weight is 631 g/mol. The maximum Gasteiger partial charge on any atom is 0.261 e. The topological polar surface area (TPSA) is 59.1 Å². The number of benzene rings is 6. The molecular formula is C42H34N2O4. The molecule has 0 N–H and O–H groups in total. The highest BCUT2D eigenvalue weighted by Gasteiger charge is 2.67. The standard InChI is InChI=1S/C42H34N2O4/c1-47-37-26-22-35(23-27-37)43-39(32-14-8-4-9-15-32)42(41(43)46,34-16-10-5-11-17-34)44(36-24-28-38(48-2)29-25-36)40(45)33-20-18-31(19-21-33)30-12-6-3-7-13-30/h3-29,39H,1-2H3/t39-,42+/m1/s1. The van der Waals surface area contributed by atoms with Crippen molar-refractivity contribution in [3.8, 4) is 22.6 Å². The number of methoxy groups -OCH3 is 2. The lowest BCUT2D eigenvalue weighted by atomic mass is 9.68. The van der Waals surface area contributed by atoms with E-state index in [9.17, 15) is 0 Å². The molecule has 6 aromatic carbocycles. The average Bonchev–Trinajstić information content (AvgIpc) is 3.17. The van der Waals surface area contributed by atoms with Crippen LogP contribution in [0.5, 0.6) is 11.5 Å². The molecule has 6 heteroatoms. The summed E-state index contributed by atoms with van der Waals surface area (Å²) in [6.07, 6.45) is 0. The van der Waals surface area contributed by atoms with Crippen molar-refractivity contribution >= 4 is 23.2 Å². The number of carbonyl (C=O) groups is 2. The van der Waals surface area contributed by atoms with Gasteiger partial charge < -0.3 is 9.47 Å². The summed E-state index contributed by atoms with van der Waals surface area (Å²) >= 11 is 0. The Morgan fingerprint density at radius 2 is 1.10 bits per heavy atom. The quantitative estimate of drug-likeness (QED) is 0.150. The van der Waals surface area contributed by atoms with Gasteiger partial charge in [0.1, 0.15) is 11.5 Å². The molecule has 2 atom stereocenters. The molecule has 1 heterocycles. The molecule has 0 aliphatic carbocycles. The summed E-state index contributed by atoms with van der Waals surface area (Å²) in [6.45, 7) is 0. The van der Waals surface area contributed by atoms with E-state index >= 15 is 9.59 Å². The molecule has 0 spiro atoms. The number of amides is 2. The molecule has 6 aromatic rings. The Hall–Kier alpha value is -6.14. The number of carbonyl (C=O) groups excluding carboxylic acids is 2. The van der Waals surface area contributed by atoms with Crippen LogP contribution in [0, 0.1) is 0 Å². The largest absolute Gasteiger partial charge is 0.497 e. The second-order valence-electron chi connectivity index (χ2n) is 11.6. The Balaban J connectivity index is 1.45. The Labute approximate surface area is 280 Å². The van der Waals surface area contributed by atoms with Crippen molar-refractivity contribution in [2.45, 2.75) is 11.6 Å². The van der Waals surface area contributed by atoms with Crippen LogP contribution in [-0.2, 0) is 10.3 Å². The molecule has 0 saturated carbocycles. The van der Waals surface area contributed by atoms with Crippen molar-refractivity contribution in [2.75, 3.05) is 24.0 Å². The summed E-state index contributed by atoms with van der Waals surface area (Å²) in [4.78, 5) is 33.8. The van der Waals surface area contributed by atoms with Crippen molar-refractivity contribution in [2.24, 2.45) is 0 Å². The zero-order valence-corrected chi connectivity index (χ0v) is 26.7. The highest BCUT2D eigenvalue weighted by Crippen LogP contribution is 2.57. The van der Waals surface area contributed by atoms with Gasteiger partial charge in [-0.25, -0.2) is 0 Å². The minimum atomic E-state index is -1.44. The molecule has 1 aliphatic heterocycles. The van der Waals surface area contributed by atoms with E-state index < -0.39 is 11.6 Å². The fourth-order valence-corrected chi connectivity index (χ4v) is 6.67. The molecule has 1 aliphatic rings. The lowest BCUT2D eigenvalue weighted by Crippen LogP contribution is -2.75. The third-order valence-corrected chi connectivity index (χ3v) is 9.00. The van der Waals surface area contributed by atoms with Crippen LogP contribution in [0.25, 0.3) is 11.1 Å². The zero-order valence-electron chi connectivity index (χ0n) is 26.7. The molecule has 2 amide bonds. The monoisotopic (exact) mass is 630 g/mol. The van der Waals surface area contributed by atoms with Gasteiger partial charge in [-0.15, -0.1) is 0 Å². The second kappa shape index (κ2) is 12.9. The van der Waals surface area contributed by atoms with Gasteiger partial charge >= 0.3 is 0 Å². The first-order chi connectivity index (χ1) is 23.6. The highest BCUT2D eigenvalue weighted by atomic mass is 16.5. The van der Waals surface area contributed by atoms with Crippen LogP contribution >= 0.6 is 0 Å². The van der Waals surface area contributed by atoms with Crippen LogP contribution < -0.4 is 19.3 Å². The SMILES string of the molecule is COc1ccc(N2C(=O)[C@@](c3ccccc3)(N(C(=O)c3ccc(-c4ccccc4)cc3)c3ccc(OC)cc3)[C@H]2c2ccccc2)cc1. The van der Waals surface area contributed by atoms with E-state index in [1.54, 1.807) is 24.0 Å². The van der Waals surface area contributed by atoms with Gasteiger partial charge in [0.05, 0.1) is 20.3 Å². The van der Waals surface area contributed by atoms with Gasteiger partial charge in [-0.2, -0.15) is 0 Å². The summed E-state index contributed by atoms with van der Waals surface area (Å²) < 4.78 is 10.9. The second-order valence-corrected chi connectivity index (χ2v) is 11.6. The number of β-lactam (4-membered cyclic amide) rings is 1. The van der Waals surface area contributed by atoms with Crippen molar-refractivity contribution in [3.05, 3.63) is 180 Å². The first-order valence-corrected chi connectivity index (χ1v) is 15.8. The van der Waals surface area contributed by atoms with Gasteiger partial charge in [0.2, 0.25) is 0 Å². The fourth-order valence-electron chi connectivity index (χ4n) is 6.67. The predicted octanol–water partition coefficient (Wildman–Crippen LogP) is 8.70. The predicted molar refractivity (Wildman–Crippen MR) is 189 cm³/mol. The molecule has 7 rings (SSSR count). The lowest BCUT2D eigenvalue weighted by molar-refractivity contribution is -0.133. The smallest absolute Gasteiger partial charge is 0.261 e. The van der Waals surface area contributed by atoms with E-state index in [4.69, 9.17) is 9.47 Å². The van der Waals surface area contributed by atoms with Gasteiger partial charge in [0, 0.05) is 16.9 Å². The van der Waals surface area contributed by atoms with Gasteiger partial charge in [-0.3, -0.25) is 19.4 Å². The first-order valence-electron chi connectivity index (χ1n) is 15.8. The summed E-state index contributed by atoms with van der Waals surface area (Å²) in [7, 11) is 3.22. The van der Waals surface area contributed by atoms with Crippen LogP contribution in [0.1, 0.15) is 27.5 Å². The van der Waals surface area contributed by atoms with Crippen molar-refractivity contribution in [1.82, 2.24) is 0 Å². The van der Waals surface area contributed by atoms with Crippen molar-refractivity contribution < 1.29 is 19.1 Å². The van der Waals surface area contributed by atoms with Crippen LogP contribution in [0.15, 0.2) is 164 Å². The van der Waals surface area contributed by atoms with Crippen molar-refractivity contribution in [1.29, 1.82) is 0 Å². The summed E-state index contributed by atoms with van der Waals surface area (Å²) in [5.41, 5.74) is 3.94. The third-order valence-electron chi connectivity index (χ3n) is 9.00. The van der Waals surface area contributed by atoms with E-state index in [0.717, 1.165) is 16.7 Å². The molecule has 0 radical (unpaired) electrons. The molecule has 0 unspecified atom stereocenters. The molecular weight excluding hydrogens is 596 g/mol. The first kappa shape index (κ1) is 30.5. The lowest BCUT2D eigenvalue weighted by Gasteiger charge is -2.60. The van der Waals surface area contributed by atoms with Gasteiger partial charge in [0.25, 0.3) is 11.8 Å². The van der Waals surface area contributed by atoms with E-state index in [1.165, 1.54) is 0 Å². The third kappa shape index (κ3) is 5.17. The molecule has 48 heavy (non-hydrogen) atoms. The summed E-state index contributed by atoms with van der Waals surface area (Å²) in [5, 5.41) is 0.